The lowest BCUT2D eigenvalue weighted by Gasteiger charge is -2.30. The maximum atomic E-state index is 9.27. The third-order valence-electron chi connectivity index (χ3n) is 1.97. The van der Waals surface area contributed by atoms with Crippen molar-refractivity contribution in [3.05, 3.63) is 24.3 Å². The highest BCUT2D eigenvalue weighted by molar-refractivity contribution is 5.41. The van der Waals surface area contributed by atoms with Crippen molar-refractivity contribution in [1.29, 1.82) is 0 Å². The Bertz CT molecular complexity index is 362. The summed E-state index contributed by atoms with van der Waals surface area (Å²) in [4.78, 5) is 0. The summed E-state index contributed by atoms with van der Waals surface area (Å²) in [6, 6.07) is 7.00. The van der Waals surface area contributed by atoms with E-state index in [1.165, 1.54) is 0 Å². The molecule has 1 aromatic carbocycles. The minimum Gasteiger partial charge on any atom is -0.483 e. The van der Waals surface area contributed by atoms with Crippen molar-refractivity contribution in [2.75, 3.05) is 6.56 Å². The highest BCUT2D eigenvalue weighted by atomic mass is 16.6. The molecule has 3 heteroatoms. The fourth-order valence-corrected chi connectivity index (χ4v) is 1.27. The first-order chi connectivity index (χ1) is 6.98. The van der Waals surface area contributed by atoms with Crippen molar-refractivity contribution in [3.8, 4) is 11.5 Å². The lowest BCUT2D eigenvalue weighted by atomic mass is 10.2. The molecule has 2 rings (SSSR count). The van der Waals surface area contributed by atoms with Gasteiger partial charge < -0.3 is 14.6 Å². The Kier molecular flexibility index (Phi) is 1.57. The van der Waals surface area contributed by atoms with Crippen LogP contribution >= 0.6 is 0 Å². The van der Waals surface area contributed by atoms with Crippen molar-refractivity contribution in [2.24, 2.45) is 0 Å². The van der Waals surface area contributed by atoms with Crippen LogP contribution in [0.3, 0.4) is 0 Å². The Morgan fingerprint density at radius 3 is 2.62 bits per heavy atom. The maximum absolute atomic E-state index is 9.27. The Morgan fingerprint density at radius 2 is 2.00 bits per heavy atom. The van der Waals surface area contributed by atoms with Gasteiger partial charge in [-0.05, 0) is 19.1 Å². The van der Waals surface area contributed by atoms with Gasteiger partial charge in [0, 0.05) is 0 Å². The first kappa shape index (κ1) is 6.27. The van der Waals surface area contributed by atoms with Crippen LogP contribution in [0.5, 0.6) is 11.5 Å². The molecule has 1 N–H and O–H groups in total. The SMILES string of the molecule is [2H]C([2H])(O)C1Oc2ccccc2OC1C. The van der Waals surface area contributed by atoms with Crippen LogP contribution in [0.1, 0.15) is 9.67 Å². The average Bonchev–Trinajstić information content (AvgIpc) is 2.15. The second kappa shape index (κ2) is 3.26. The number of hydrogen-bond acceptors (Lipinski definition) is 3. The number of ether oxygens (including phenoxy) is 2. The summed E-state index contributed by atoms with van der Waals surface area (Å²) in [5, 5.41) is 9.27. The molecule has 0 saturated carbocycles. The highest BCUT2D eigenvalue weighted by Gasteiger charge is 2.26. The molecule has 0 aliphatic carbocycles. The molecule has 1 aliphatic rings. The van der Waals surface area contributed by atoms with Crippen LogP contribution in [-0.4, -0.2) is 23.9 Å². The lowest BCUT2D eigenvalue weighted by molar-refractivity contribution is -0.00186. The summed E-state index contributed by atoms with van der Waals surface area (Å²) in [5.41, 5.74) is 0. The zero-order valence-electron chi connectivity index (χ0n) is 9.23. The highest BCUT2D eigenvalue weighted by Crippen LogP contribution is 2.33. The molecule has 0 fully saturated rings. The smallest absolute Gasteiger partial charge is 0.161 e. The maximum Gasteiger partial charge on any atom is 0.161 e. The van der Waals surface area contributed by atoms with Crippen LogP contribution in [0.4, 0.5) is 0 Å². The van der Waals surface area contributed by atoms with Crippen LogP contribution in [-0.2, 0) is 0 Å². The normalized spacial score (nSPS) is 29.1. The molecule has 0 amide bonds. The molecule has 1 aromatic rings. The molecule has 70 valence electrons. The minimum atomic E-state index is -2.41. The fraction of sp³-hybridized carbons (Fsp3) is 0.400. The standard InChI is InChI=1S/C10H12O3/c1-7-10(6-11)13-9-5-3-2-4-8(9)12-7/h2-5,7,10-11H,6H2,1H3/i6D2. The average molecular weight is 182 g/mol. The lowest BCUT2D eigenvalue weighted by Crippen LogP contribution is -2.40. The summed E-state index contributed by atoms with van der Waals surface area (Å²) in [6.07, 6.45) is -1.53. The van der Waals surface area contributed by atoms with Gasteiger partial charge in [0.1, 0.15) is 6.10 Å². The summed E-state index contributed by atoms with van der Waals surface area (Å²) in [7, 11) is 0. The molecule has 2 unspecified atom stereocenters. The second-order valence-corrected chi connectivity index (χ2v) is 2.94. The molecule has 13 heavy (non-hydrogen) atoms. The predicted molar refractivity (Wildman–Crippen MR) is 48.0 cm³/mol. The van der Waals surface area contributed by atoms with E-state index in [9.17, 15) is 5.11 Å². The first-order valence-electron chi connectivity index (χ1n) is 5.13. The van der Waals surface area contributed by atoms with E-state index in [2.05, 4.69) is 0 Å². The van der Waals surface area contributed by atoms with E-state index in [4.69, 9.17) is 12.2 Å². The van der Waals surface area contributed by atoms with Gasteiger partial charge >= 0.3 is 0 Å². The van der Waals surface area contributed by atoms with Crippen LogP contribution in [0, 0.1) is 0 Å². The van der Waals surface area contributed by atoms with Gasteiger partial charge in [0.05, 0.1) is 9.30 Å². The van der Waals surface area contributed by atoms with E-state index in [1.54, 1.807) is 25.1 Å². The van der Waals surface area contributed by atoms with Gasteiger partial charge in [-0.2, -0.15) is 0 Å². The number of rotatable bonds is 1. The molecular formula is C10H12O3. The monoisotopic (exact) mass is 182 g/mol. The van der Waals surface area contributed by atoms with Gasteiger partial charge in [-0.25, -0.2) is 0 Å². The summed E-state index contributed by atoms with van der Waals surface area (Å²) in [6.45, 7) is -0.748. The molecule has 0 spiro atoms. The van der Waals surface area contributed by atoms with Crippen molar-refractivity contribution < 1.29 is 17.3 Å². The number of benzene rings is 1. The third-order valence-corrected chi connectivity index (χ3v) is 1.97. The van der Waals surface area contributed by atoms with Crippen LogP contribution < -0.4 is 9.47 Å². The van der Waals surface area contributed by atoms with Crippen molar-refractivity contribution >= 4 is 0 Å². The Morgan fingerprint density at radius 1 is 1.38 bits per heavy atom. The first-order valence-corrected chi connectivity index (χ1v) is 4.13. The number of para-hydroxylation sites is 2. The molecule has 0 radical (unpaired) electrons. The van der Waals surface area contributed by atoms with E-state index in [-0.39, 0.29) is 0 Å². The molecule has 3 nitrogen and oxygen atoms in total. The fourth-order valence-electron chi connectivity index (χ4n) is 1.27. The predicted octanol–water partition coefficient (Wildman–Crippen LogP) is 1.21. The van der Waals surface area contributed by atoms with Gasteiger partial charge in [-0.1, -0.05) is 12.1 Å². The molecule has 0 saturated heterocycles. The molecule has 2 atom stereocenters. The van der Waals surface area contributed by atoms with Gasteiger partial charge in [0.2, 0.25) is 0 Å². The van der Waals surface area contributed by atoms with Gasteiger partial charge in [-0.3, -0.25) is 0 Å². The zero-order valence-corrected chi connectivity index (χ0v) is 7.23. The molecule has 1 aliphatic heterocycles. The number of hydrogen-bond donors (Lipinski definition) is 1. The van der Waals surface area contributed by atoms with Crippen LogP contribution in [0.2, 0.25) is 0 Å². The number of aliphatic hydroxyl groups is 1. The van der Waals surface area contributed by atoms with Gasteiger partial charge in [-0.15, -0.1) is 0 Å². The summed E-state index contributed by atoms with van der Waals surface area (Å²) >= 11 is 0. The molecule has 0 aromatic heterocycles. The van der Waals surface area contributed by atoms with Gasteiger partial charge in [0.25, 0.3) is 0 Å². The van der Waals surface area contributed by atoms with Crippen molar-refractivity contribution in [1.82, 2.24) is 0 Å². The number of fused-ring (bicyclic) bond motifs is 1. The van der Waals surface area contributed by atoms with E-state index in [0.29, 0.717) is 11.5 Å². The summed E-state index contributed by atoms with van der Waals surface area (Å²) in [5.74, 6) is 1.03. The quantitative estimate of drug-likeness (QED) is 0.709. The topological polar surface area (TPSA) is 38.7 Å². The van der Waals surface area contributed by atoms with E-state index in [1.807, 2.05) is 6.07 Å². The van der Waals surface area contributed by atoms with E-state index < -0.39 is 18.8 Å². The second-order valence-electron chi connectivity index (χ2n) is 2.94. The Balaban J connectivity index is 2.30. The van der Waals surface area contributed by atoms with E-state index >= 15 is 0 Å². The molecular weight excluding hydrogens is 168 g/mol. The third kappa shape index (κ3) is 1.47. The van der Waals surface area contributed by atoms with Crippen molar-refractivity contribution in [3.63, 3.8) is 0 Å². The van der Waals surface area contributed by atoms with E-state index in [0.717, 1.165) is 0 Å². The van der Waals surface area contributed by atoms with Gasteiger partial charge in [0.15, 0.2) is 17.6 Å². The molecule has 1 heterocycles. The van der Waals surface area contributed by atoms with Crippen molar-refractivity contribution in [2.45, 2.75) is 19.1 Å². The molecule has 0 bridgehead atoms. The minimum absolute atomic E-state index is 0.457. The largest absolute Gasteiger partial charge is 0.483 e. The zero-order chi connectivity index (χ0) is 11.1. The van der Waals surface area contributed by atoms with Crippen LogP contribution in [0.15, 0.2) is 24.3 Å². The Labute approximate surface area is 79.7 Å². The Hall–Kier alpha value is -1.22. The summed E-state index contributed by atoms with van der Waals surface area (Å²) < 4.78 is 25.2. The van der Waals surface area contributed by atoms with Crippen LogP contribution in [0.25, 0.3) is 0 Å².